The van der Waals surface area contributed by atoms with E-state index in [-0.39, 0.29) is 5.91 Å². The molecule has 3 nitrogen and oxygen atoms in total. The molecule has 0 radical (unpaired) electrons. The second-order valence-corrected chi connectivity index (χ2v) is 7.42. The van der Waals surface area contributed by atoms with Crippen LogP contribution in [0, 0.1) is 5.92 Å². The van der Waals surface area contributed by atoms with Gasteiger partial charge in [-0.15, -0.1) is 0 Å². The fraction of sp³-hybridized carbons (Fsp3) is 0.348. The number of hydrogen-bond acceptors (Lipinski definition) is 2. The van der Waals surface area contributed by atoms with Crippen LogP contribution in [0.4, 0.5) is 5.69 Å². The van der Waals surface area contributed by atoms with Gasteiger partial charge in [0.25, 0.3) is 0 Å². The number of benzene rings is 2. The zero-order valence-electron chi connectivity index (χ0n) is 15.5. The molecule has 4 heteroatoms. The third-order valence-electron chi connectivity index (χ3n) is 4.96. The Balaban J connectivity index is 1.44. The molecule has 2 aromatic carbocycles. The second-order valence-electron chi connectivity index (χ2n) is 7.01. The number of carbonyl (C=O) groups excluding carboxylic acids is 1. The Morgan fingerprint density at radius 3 is 2.56 bits per heavy atom. The normalized spacial score (nSPS) is 15.0. The molecular weight excluding hydrogens is 358 g/mol. The van der Waals surface area contributed by atoms with Crippen molar-refractivity contribution in [3.05, 3.63) is 65.2 Å². The van der Waals surface area contributed by atoms with Crippen LogP contribution in [0.2, 0.25) is 5.02 Å². The highest BCUT2D eigenvalue weighted by Gasteiger charge is 2.13. The molecule has 0 unspecified atom stereocenters. The maximum absolute atomic E-state index is 12.1. The average Bonchev–Trinajstić information content (AvgIpc) is 2.69. The highest BCUT2D eigenvalue weighted by molar-refractivity contribution is 6.32. The third-order valence-corrected chi connectivity index (χ3v) is 5.31. The van der Waals surface area contributed by atoms with Crippen LogP contribution in [-0.4, -0.2) is 12.5 Å². The fourth-order valence-corrected chi connectivity index (χ4v) is 3.61. The van der Waals surface area contributed by atoms with E-state index in [1.54, 1.807) is 12.1 Å². The Hall–Kier alpha value is -2.26. The zero-order chi connectivity index (χ0) is 18.9. The molecule has 1 amide bonds. The predicted octanol–water partition coefficient (Wildman–Crippen LogP) is 6.34. The van der Waals surface area contributed by atoms with Crippen molar-refractivity contribution in [1.29, 1.82) is 0 Å². The summed E-state index contributed by atoms with van der Waals surface area (Å²) in [5.41, 5.74) is 1.56. The Bertz CT molecular complexity index is 764. The molecule has 1 fully saturated rings. The summed E-state index contributed by atoms with van der Waals surface area (Å²) in [4.78, 5) is 12.1. The Morgan fingerprint density at radius 2 is 1.81 bits per heavy atom. The number of ether oxygens (including phenoxy) is 1. The summed E-state index contributed by atoms with van der Waals surface area (Å²) in [5, 5.41) is 3.46. The number of nitrogens with one attached hydrogen (secondary N) is 1. The summed E-state index contributed by atoms with van der Waals surface area (Å²) in [6.07, 6.45) is 11.1. The van der Waals surface area contributed by atoms with E-state index in [1.165, 1.54) is 38.2 Å². The number of rotatable bonds is 7. The van der Waals surface area contributed by atoms with Crippen LogP contribution < -0.4 is 10.1 Å². The molecule has 0 heterocycles. The van der Waals surface area contributed by atoms with Gasteiger partial charge in [0.1, 0.15) is 5.75 Å². The molecule has 0 spiro atoms. The van der Waals surface area contributed by atoms with E-state index in [1.807, 2.05) is 42.5 Å². The molecule has 0 saturated heterocycles. The molecule has 0 bridgehead atoms. The minimum atomic E-state index is -0.194. The molecule has 3 rings (SSSR count). The molecule has 0 atom stereocenters. The third kappa shape index (κ3) is 6.44. The average molecular weight is 384 g/mol. The van der Waals surface area contributed by atoms with Gasteiger partial charge in [-0.1, -0.05) is 61.9 Å². The maximum atomic E-state index is 12.1. The quantitative estimate of drug-likeness (QED) is 0.566. The molecule has 0 aromatic heterocycles. The minimum Gasteiger partial charge on any atom is -0.494 e. The first-order valence-electron chi connectivity index (χ1n) is 9.67. The van der Waals surface area contributed by atoms with Crippen molar-refractivity contribution in [2.45, 2.75) is 38.5 Å². The summed E-state index contributed by atoms with van der Waals surface area (Å²) < 4.78 is 5.85. The first kappa shape index (κ1) is 19.5. The molecule has 0 aliphatic heterocycles. The zero-order valence-corrected chi connectivity index (χ0v) is 16.3. The van der Waals surface area contributed by atoms with Gasteiger partial charge >= 0.3 is 0 Å². The van der Waals surface area contributed by atoms with Crippen molar-refractivity contribution < 1.29 is 9.53 Å². The first-order valence-corrected chi connectivity index (χ1v) is 10.0. The van der Waals surface area contributed by atoms with Gasteiger partial charge in [-0.25, -0.2) is 0 Å². The van der Waals surface area contributed by atoms with Crippen molar-refractivity contribution in [1.82, 2.24) is 0 Å². The topological polar surface area (TPSA) is 38.3 Å². The van der Waals surface area contributed by atoms with Gasteiger partial charge in [-0.05, 0) is 54.3 Å². The maximum Gasteiger partial charge on any atom is 0.248 e. The van der Waals surface area contributed by atoms with E-state index in [2.05, 4.69) is 5.32 Å². The van der Waals surface area contributed by atoms with Gasteiger partial charge in [-0.2, -0.15) is 0 Å². The highest BCUT2D eigenvalue weighted by Crippen LogP contribution is 2.26. The van der Waals surface area contributed by atoms with Crippen molar-refractivity contribution >= 4 is 29.3 Å². The standard InChI is InChI=1S/C23H26ClNO2/c24-22-9-5-4-8-19(22)10-15-23(26)25-20-11-13-21(14-12-20)27-17-16-18-6-2-1-3-7-18/h4-5,8-15,18H,1-3,6-7,16-17H2,(H,25,26)/b15-10+. The molecule has 1 aliphatic rings. The summed E-state index contributed by atoms with van der Waals surface area (Å²) in [6, 6.07) is 14.9. The van der Waals surface area contributed by atoms with Crippen LogP contribution in [0.5, 0.6) is 5.75 Å². The predicted molar refractivity (Wildman–Crippen MR) is 112 cm³/mol. The van der Waals surface area contributed by atoms with Gasteiger partial charge in [0.15, 0.2) is 0 Å². The SMILES string of the molecule is O=C(/C=C/c1ccccc1Cl)Nc1ccc(OCCC2CCCCC2)cc1. The first-order chi connectivity index (χ1) is 13.2. The lowest BCUT2D eigenvalue weighted by Crippen LogP contribution is -2.11. The lowest BCUT2D eigenvalue weighted by molar-refractivity contribution is -0.111. The van der Waals surface area contributed by atoms with Crippen molar-refractivity contribution in [3.8, 4) is 5.75 Å². The summed E-state index contributed by atoms with van der Waals surface area (Å²) in [5.74, 6) is 1.47. The number of amides is 1. The molecule has 27 heavy (non-hydrogen) atoms. The Labute approximate surface area is 166 Å². The van der Waals surface area contributed by atoms with Gasteiger partial charge in [0, 0.05) is 16.8 Å². The Kier molecular flexibility index (Phi) is 7.35. The van der Waals surface area contributed by atoms with Crippen LogP contribution >= 0.6 is 11.6 Å². The van der Waals surface area contributed by atoms with Crippen molar-refractivity contribution in [3.63, 3.8) is 0 Å². The van der Waals surface area contributed by atoms with Crippen LogP contribution in [0.3, 0.4) is 0 Å². The molecule has 1 aliphatic carbocycles. The van der Waals surface area contributed by atoms with E-state index in [9.17, 15) is 4.79 Å². The van der Waals surface area contributed by atoms with Crippen molar-refractivity contribution in [2.75, 3.05) is 11.9 Å². The van der Waals surface area contributed by atoms with Gasteiger partial charge in [0.2, 0.25) is 5.91 Å². The molecule has 142 valence electrons. The Morgan fingerprint density at radius 1 is 1.07 bits per heavy atom. The van der Waals surface area contributed by atoms with Gasteiger partial charge in [0.05, 0.1) is 6.61 Å². The largest absolute Gasteiger partial charge is 0.494 e. The summed E-state index contributed by atoms with van der Waals surface area (Å²) in [6.45, 7) is 0.761. The van der Waals surface area contributed by atoms with E-state index in [4.69, 9.17) is 16.3 Å². The lowest BCUT2D eigenvalue weighted by Gasteiger charge is -2.21. The number of halogens is 1. The fourth-order valence-electron chi connectivity index (χ4n) is 3.41. The number of hydrogen-bond donors (Lipinski definition) is 1. The monoisotopic (exact) mass is 383 g/mol. The molecular formula is C23H26ClNO2. The lowest BCUT2D eigenvalue weighted by atomic mass is 9.87. The van der Waals surface area contributed by atoms with Crippen LogP contribution in [-0.2, 0) is 4.79 Å². The van der Waals surface area contributed by atoms with E-state index in [0.29, 0.717) is 5.02 Å². The van der Waals surface area contributed by atoms with Gasteiger partial charge in [-0.3, -0.25) is 4.79 Å². The van der Waals surface area contributed by atoms with Crippen LogP contribution in [0.1, 0.15) is 44.1 Å². The number of carbonyl (C=O) groups is 1. The second kappa shape index (κ2) is 10.2. The van der Waals surface area contributed by atoms with E-state index < -0.39 is 0 Å². The highest BCUT2D eigenvalue weighted by atomic mass is 35.5. The number of anilines is 1. The smallest absolute Gasteiger partial charge is 0.248 e. The molecule has 1 N–H and O–H groups in total. The van der Waals surface area contributed by atoms with E-state index >= 15 is 0 Å². The van der Waals surface area contributed by atoms with Gasteiger partial charge < -0.3 is 10.1 Å². The summed E-state index contributed by atoms with van der Waals surface area (Å²) in [7, 11) is 0. The van der Waals surface area contributed by atoms with Crippen molar-refractivity contribution in [2.24, 2.45) is 5.92 Å². The molecule has 2 aromatic rings. The van der Waals surface area contributed by atoms with E-state index in [0.717, 1.165) is 35.9 Å². The molecule has 1 saturated carbocycles. The minimum absolute atomic E-state index is 0.194. The van der Waals surface area contributed by atoms with Crippen LogP contribution in [0.25, 0.3) is 6.08 Å². The summed E-state index contributed by atoms with van der Waals surface area (Å²) >= 11 is 6.08. The van der Waals surface area contributed by atoms with Crippen LogP contribution in [0.15, 0.2) is 54.6 Å².